The lowest BCUT2D eigenvalue weighted by Crippen LogP contribution is -2.62. The lowest BCUT2D eigenvalue weighted by molar-refractivity contribution is -0.136. The van der Waals surface area contributed by atoms with Crippen LogP contribution in [0.15, 0.2) is 122 Å². The third-order valence-corrected chi connectivity index (χ3v) is 20.9. The maximum absolute atomic E-state index is 15.2. The van der Waals surface area contributed by atoms with E-state index in [9.17, 15) is 43.8 Å². The van der Waals surface area contributed by atoms with E-state index in [1.165, 1.54) is 47.3 Å². The van der Waals surface area contributed by atoms with Crippen molar-refractivity contribution in [2.75, 3.05) is 42.6 Å². The molecule has 0 radical (unpaired) electrons. The van der Waals surface area contributed by atoms with Crippen LogP contribution in [0, 0.1) is 11.8 Å². The molecule has 12 atom stereocenters. The monoisotopic (exact) mass is 1440 g/mol. The molecule has 24 nitrogen and oxygen atoms in total. The zero-order chi connectivity index (χ0) is 72.4. The third-order valence-electron chi connectivity index (χ3n) is 19.0. The molecule has 1 aliphatic heterocycles. The molecule has 0 saturated carbocycles. The highest BCUT2D eigenvalue weighted by Crippen LogP contribution is 2.45. The van der Waals surface area contributed by atoms with Crippen LogP contribution in [0.5, 0.6) is 5.75 Å². The average molecular weight is 1440 g/mol. The number of para-hydroxylation sites is 1. The molecule has 540 valence electrons. The number of nitrogens with two attached hydrogens (primary N) is 2. The number of thioether (sulfide) groups is 1. The molecule has 0 bridgehead atoms. The third kappa shape index (κ3) is 20.2. The van der Waals surface area contributed by atoms with Crippen LogP contribution in [0.1, 0.15) is 93.5 Å². The molecule has 27 heteroatoms. The summed E-state index contributed by atoms with van der Waals surface area (Å²) in [6.07, 6.45) is 6.04. The Bertz CT molecular complexity index is 4060. The molecule has 1 saturated heterocycles. The first-order valence-corrected chi connectivity index (χ1v) is 37.0. The largest absolute Gasteiger partial charge is 0.508 e. The van der Waals surface area contributed by atoms with Crippen LogP contribution in [-0.4, -0.2) is 181 Å². The molecule has 0 spiro atoms. The van der Waals surface area contributed by atoms with Gasteiger partial charge in [0.25, 0.3) is 0 Å². The van der Waals surface area contributed by atoms with Crippen LogP contribution >= 0.6 is 37.0 Å². The normalized spacial score (nSPS) is 17.8. The number of aliphatic hydroxyl groups is 1. The Kier molecular flexibility index (Phi) is 27.5. The molecule has 1 fully saturated rings. The van der Waals surface area contributed by atoms with Gasteiger partial charge in [-0.05, 0) is 139 Å². The Morgan fingerprint density at radius 1 is 0.624 bits per heavy atom. The van der Waals surface area contributed by atoms with E-state index < -0.39 is 108 Å². The fraction of sp³-hybridized carbons (Fsp3) is 0.446. The standard InChI is InChI=1S/C74H95N13O11S3/c1-5-27-87-36-45(29-53-52-16-12-19-55-64(52)49(35-78-55)33-62(53)87)39-101-40-63(90)79-57(31-44-20-23-46-13-6-7-14-47(46)28-44)69(93)83-60(37-99)72(96)81-58(30-43-21-24-50(89)25-22-43)70(94)82-59(32-48-34-77-54-17-9-8-15-51(48)54)71(95)80-56(18-10-11-26-75)68(92)85-65(41(2)3)74(98)84-61(38-100)73(97)86-66(42(4)88)67(76)91/h6-9,12-17,19-25,28,34-35,41-42,45,53,56-62,65-66,77-78,88-89,99-100H,5,10-11,18,26-27,29-33,36-40,75H2,1-4H3,(H2,76,91)(H,79,90)(H,80,95)(H,81,96)(H,82,94)(H,83,93)(H,84,98)(H,85,92)(H,86,97)/t42-,45-,53?,56+,57-,58+,59+,60+,61+,62?,65+,66+/m1/s1. The number of benzene rings is 5. The molecule has 16 N–H and O–H groups in total. The van der Waals surface area contributed by atoms with Crippen molar-refractivity contribution in [3.63, 3.8) is 0 Å². The van der Waals surface area contributed by atoms with Gasteiger partial charge in [-0.15, -0.1) is 0 Å². The van der Waals surface area contributed by atoms with E-state index in [0.29, 0.717) is 41.8 Å². The van der Waals surface area contributed by atoms with Gasteiger partial charge in [-0.25, -0.2) is 0 Å². The number of hydrogen-bond acceptors (Lipinski definition) is 16. The number of carbonyl (C=O) groups excluding carboxylic acids is 9. The Morgan fingerprint density at radius 2 is 1.20 bits per heavy atom. The van der Waals surface area contributed by atoms with E-state index in [-0.39, 0.29) is 61.1 Å². The molecule has 2 unspecified atom stereocenters. The van der Waals surface area contributed by atoms with E-state index >= 15 is 9.59 Å². The topological polar surface area (TPSA) is 377 Å². The summed E-state index contributed by atoms with van der Waals surface area (Å²) in [5, 5.41) is 46.2. The first kappa shape index (κ1) is 76.6. The molecular formula is C74H95N13O11S3. The minimum atomic E-state index is -1.48. The molecule has 5 aromatic carbocycles. The number of primary amides is 1. The zero-order valence-corrected chi connectivity index (χ0v) is 59.9. The average Bonchev–Trinajstić information content (AvgIpc) is 1.67. The van der Waals surface area contributed by atoms with E-state index in [1.807, 2.05) is 66.7 Å². The predicted octanol–water partition coefficient (Wildman–Crippen LogP) is 4.10. The first-order valence-electron chi connectivity index (χ1n) is 34.6. The lowest BCUT2D eigenvalue weighted by Gasteiger charge is -2.47. The van der Waals surface area contributed by atoms with Gasteiger partial charge in [0.05, 0.1) is 11.9 Å². The summed E-state index contributed by atoms with van der Waals surface area (Å²) >= 11 is 10.3. The first-order chi connectivity index (χ1) is 48.6. The highest BCUT2D eigenvalue weighted by Gasteiger charge is 2.42. The number of phenolic OH excluding ortho intramolecular Hbond substituents is 1. The number of hydrogen-bond donors (Lipinski definition) is 16. The van der Waals surface area contributed by atoms with Gasteiger partial charge in [0.1, 0.15) is 54.1 Å². The molecule has 7 aromatic rings. The highest BCUT2D eigenvalue weighted by molar-refractivity contribution is 7.99. The van der Waals surface area contributed by atoms with E-state index in [0.717, 1.165) is 70.9 Å². The second-order valence-corrected chi connectivity index (χ2v) is 28.6. The number of phenols is 1. The van der Waals surface area contributed by atoms with Crippen LogP contribution in [-0.2, 0) is 68.8 Å². The van der Waals surface area contributed by atoms with Gasteiger partial charge in [0, 0.05) is 83.5 Å². The smallest absolute Gasteiger partial charge is 0.244 e. The summed E-state index contributed by atoms with van der Waals surface area (Å²) in [6, 6.07) is 22.9. The number of H-pyrrole nitrogens is 2. The van der Waals surface area contributed by atoms with E-state index in [1.54, 1.807) is 32.2 Å². The Morgan fingerprint density at radius 3 is 1.87 bits per heavy atom. The summed E-state index contributed by atoms with van der Waals surface area (Å²) in [6.45, 7) is 8.91. The molecule has 101 heavy (non-hydrogen) atoms. The fourth-order valence-corrected chi connectivity index (χ4v) is 15.2. The summed E-state index contributed by atoms with van der Waals surface area (Å²) in [7, 11) is 0. The summed E-state index contributed by atoms with van der Waals surface area (Å²) in [5.74, 6) is -6.66. The van der Waals surface area contributed by atoms with Crippen LogP contribution in [0.2, 0.25) is 0 Å². The number of aliphatic hydroxyl groups excluding tert-OH is 1. The maximum atomic E-state index is 15.2. The van der Waals surface area contributed by atoms with Gasteiger partial charge in [0.15, 0.2) is 0 Å². The van der Waals surface area contributed by atoms with Crippen LogP contribution in [0.3, 0.4) is 0 Å². The summed E-state index contributed by atoms with van der Waals surface area (Å²) < 4.78 is 0. The van der Waals surface area contributed by atoms with Crippen LogP contribution in [0.25, 0.3) is 32.6 Å². The zero-order valence-electron chi connectivity index (χ0n) is 57.3. The van der Waals surface area contributed by atoms with E-state index in [2.05, 4.69) is 114 Å². The van der Waals surface area contributed by atoms with Crippen molar-refractivity contribution in [2.45, 2.75) is 152 Å². The van der Waals surface area contributed by atoms with Gasteiger partial charge in [-0.2, -0.15) is 37.0 Å². The number of thiol groups is 2. The molecule has 3 heterocycles. The number of piperidine rings is 1. The number of nitrogens with one attached hydrogen (secondary N) is 10. The number of carbonyl (C=O) groups is 9. The molecule has 2 aromatic heterocycles. The Balaban J connectivity index is 0.921. The number of unbranched alkanes of at least 4 members (excludes halogenated alkanes) is 1. The van der Waals surface area contributed by atoms with Crippen molar-refractivity contribution >= 4 is 123 Å². The molecule has 9 amide bonds. The second kappa shape index (κ2) is 36.3. The molecule has 2 aliphatic rings. The number of nitrogens with zero attached hydrogens (tertiary/aromatic N) is 1. The Hall–Kier alpha value is -8.60. The van der Waals surface area contributed by atoms with Crippen LogP contribution < -0.4 is 54.0 Å². The van der Waals surface area contributed by atoms with Gasteiger partial charge < -0.3 is 74.2 Å². The SMILES string of the molecule is CCCN1C[C@H](CSCC(=O)N[C@H](Cc2ccc3ccccc3c2)C(=O)N[C@@H](CS)C(=O)N[C@@H](Cc2ccc(O)cc2)C(=O)N[C@@H](Cc2c[nH]c3ccccc23)C(=O)N[C@@H](CCCCN)C(=O)N[C@H](C(=O)N[C@@H](CS)C(=O)N[C@H](C(N)=O)[C@@H](C)O)C(C)C)CC2c3cccc4[nH]cc(c34)CC21. The molecule has 9 rings (SSSR count). The molecule has 1 aliphatic carbocycles. The van der Waals surface area contributed by atoms with Crippen molar-refractivity contribution < 1.29 is 53.4 Å². The quantitative estimate of drug-likeness (QED) is 0.0194. The highest BCUT2D eigenvalue weighted by atomic mass is 32.2. The molecular weight excluding hydrogens is 1340 g/mol. The van der Waals surface area contributed by atoms with Crippen molar-refractivity contribution in [3.05, 3.63) is 149 Å². The number of aromatic hydroxyl groups is 1. The number of rotatable bonds is 36. The van der Waals surface area contributed by atoms with Crippen molar-refractivity contribution in [2.24, 2.45) is 23.3 Å². The number of aromatic nitrogens is 2. The van der Waals surface area contributed by atoms with Gasteiger partial charge in [0.2, 0.25) is 53.2 Å². The van der Waals surface area contributed by atoms with Gasteiger partial charge in [-0.1, -0.05) is 106 Å². The van der Waals surface area contributed by atoms with Crippen molar-refractivity contribution in [3.8, 4) is 5.75 Å². The fourth-order valence-electron chi connectivity index (χ4n) is 13.7. The van der Waals surface area contributed by atoms with Crippen molar-refractivity contribution in [1.82, 2.24) is 57.4 Å². The summed E-state index contributed by atoms with van der Waals surface area (Å²) in [5.41, 5.74) is 17.8. The predicted molar refractivity (Wildman–Crippen MR) is 399 cm³/mol. The van der Waals surface area contributed by atoms with Crippen LogP contribution in [0.4, 0.5) is 0 Å². The van der Waals surface area contributed by atoms with Crippen molar-refractivity contribution in [1.29, 1.82) is 0 Å². The summed E-state index contributed by atoms with van der Waals surface area (Å²) in [4.78, 5) is 137. The van der Waals surface area contributed by atoms with E-state index in [4.69, 9.17) is 11.5 Å². The minimum absolute atomic E-state index is 0.0278. The number of aromatic amines is 2. The van der Waals surface area contributed by atoms with Gasteiger partial charge in [-0.3, -0.25) is 48.1 Å². The lowest BCUT2D eigenvalue weighted by atomic mass is 9.72. The Labute approximate surface area is 603 Å². The second-order valence-electron chi connectivity index (χ2n) is 26.8. The maximum Gasteiger partial charge on any atom is 0.244 e. The number of fused-ring (bicyclic) bond motifs is 4. The number of amides is 9. The number of likely N-dealkylation sites (tertiary alicyclic amines) is 1. The van der Waals surface area contributed by atoms with Gasteiger partial charge >= 0.3 is 0 Å². The minimum Gasteiger partial charge on any atom is -0.508 e.